The van der Waals surface area contributed by atoms with Crippen LogP contribution >= 0.6 is 0 Å². The van der Waals surface area contributed by atoms with Crippen molar-refractivity contribution in [1.82, 2.24) is 0 Å². The molecule has 16 heavy (non-hydrogen) atoms. The number of allylic oxidation sites excluding steroid dienone is 2. The van der Waals surface area contributed by atoms with Crippen LogP contribution in [-0.2, 0) is 9.53 Å². The Morgan fingerprint density at radius 1 is 1.31 bits per heavy atom. The van der Waals surface area contributed by atoms with Gasteiger partial charge in [0.2, 0.25) is 0 Å². The largest absolute Gasteiger partial charge is 0.465 e. The van der Waals surface area contributed by atoms with Crippen molar-refractivity contribution in [2.75, 3.05) is 7.11 Å². The number of hydrogen-bond acceptors (Lipinski definition) is 2. The van der Waals surface area contributed by atoms with Gasteiger partial charge in [-0.2, -0.15) is 0 Å². The molecule has 2 rings (SSSR count). The molecule has 1 unspecified atom stereocenters. The van der Waals surface area contributed by atoms with Gasteiger partial charge in [-0.3, -0.25) is 0 Å². The van der Waals surface area contributed by atoms with Gasteiger partial charge in [-0.05, 0) is 12.0 Å². The van der Waals surface area contributed by atoms with Gasteiger partial charge in [0.15, 0.2) is 0 Å². The fourth-order valence-corrected chi connectivity index (χ4v) is 1.84. The third-order valence-corrected chi connectivity index (χ3v) is 2.75. The SMILES string of the molecule is COC(=O)C1=CCC(c2ccccc2)C=C1. The summed E-state index contributed by atoms with van der Waals surface area (Å²) in [5.41, 5.74) is 1.92. The van der Waals surface area contributed by atoms with Crippen LogP contribution in [0.4, 0.5) is 0 Å². The zero-order valence-electron chi connectivity index (χ0n) is 9.22. The maximum atomic E-state index is 11.3. The standard InChI is InChI=1S/C14H14O2/c1-16-14(15)13-9-7-12(8-10-13)11-5-3-2-4-6-11/h2-7,9-10,12H,8H2,1H3. The molecule has 82 valence electrons. The van der Waals surface area contributed by atoms with Gasteiger partial charge >= 0.3 is 5.97 Å². The highest BCUT2D eigenvalue weighted by molar-refractivity contribution is 5.91. The first kappa shape index (κ1) is 10.7. The van der Waals surface area contributed by atoms with Crippen molar-refractivity contribution >= 4 is 5.97 Å². The Balaban J connectivity index is 2.09. The second kappa shape index (κ2) is 4.79. The summed E-state index contributed by atoms with van der Waals surface area (Å²) in [5, 5.41) is 0. The number of carbonyl (C=O) groups excluding carboxylic acids is 1. The van der Waals surface area contributed by atoms with Gasteiger partial charge in [-0.15, -0.1) is 0 Å². The van der Waals surface area contributed by atoms with Crippen molar-refractivity contribution in [2.45, 2.75) is 12.3 Å². The molecule has 1 aromatic rings. The minimum Gasteiger partial charge on any atom is -0.465 e. The lowest BCUT2D eigenvalue weighted by atomic mass is 9.90. The van der Waals surface area contributed by atoms with Crippen LogP contribution in [-0.4, -0.2) is 13.1 Å². The average molecular weight is 214 g/mol. The van der Waals surface area contributed by atoms with E-state index in [0.717, 1.165) is 6.42 Å². The quantitative estimate of drug-likeness (QED) is 0.707. The smallest absolute Gasteiger partial charge is 0.337 e. The van der Waals surface area contributed by atoms with Crippen LogP contribution in [0.5, 0.6) is 0 Å². The second-order valence-electron chi connectivity index (χ2n) is 3.76. The van der Waals surface area contributed by atoms with Gasteiger partial charge in [0, 0.05) is 5.92 Å². The van der Waals surface area contributed by atoms with E-state index in [9.17, 15) is 4.79 Å². The summed E-state index contributed by atoms with van der Waals surface area (Å²) in [6, 6.07) is 10.3. The first-order valence-corrected chi connectivity index (χ1v) is 5.33. The first-order valence-electron chi connectivity index (χ1n) is 5.33. The van der Waals surface area contributed by atoms with Crippen molar-refractivity contribution in [3.05, 3.63) is 59.7 Å². The highest BCUT2D eigenvalue weighted by Crippen LogP contribution is 2.26. The molecule has 1 aliphatic carbocycles. The topological polar surface area (TPSA) is 26.3 Å². The molecule has 0 bridgehead atoms. The van der Waals surface area contributed by atoms with Gasteiger partial charge in [0.25, 0.3) is 0 Å². The highest BCUT2D eigenvalue weighted by atomic mass is 16.5. The third kappa shape index (κ3) is 2.22. The molecule has 0 aromatic heterocycles. The van der Waals surface area contributed by atoms with Crippen molar-refractivity contribution in [2.24, 2.45) is 0 Å². The minimum absolute atomic E-state index is 0.261. The van der Waals surface area contributed by atoms with Gasteiger partial charge in [0.05, 0.1) is 12.7 Å². The van der Waals surface area contributed by atoms with Crippen LogP contribution in [0.3, 0.4) is 0 Å². The van der Waals surface area contributed by atoms with E-state index in [1.54, 1.807) is 0 Å². The van der Waals surface area contributed by atoms with Crippen LogP contribution in [0.25, 0.3) is 0 Å². The molecule has 2 heteroatoms. The van der Waals surface area contributed by atoms with Gasteiger partial charge in [-0.1, -0.05) is 48.6 Å². The molecular weight excluding hydrogens is 200 g/mol. The van der Waals surface area contributed by atoms with Gasteiger partial charge in [0.1, 0.15) is 0 Å². The van der Waals surface area contributed by atoms with E-state index in [4.69, 9.17) is 0 Å². The van der Waals surface area contributed by atoms with Crippen molar-refractivity contribution in [3.63, 3.8) is 0 Å². The number of esters is 1. The first-order chi connectivity index (χ1) is 7.81. The van der Waals surface area contributed by atoms with E-state index in [0.29, 0.717) is 11.5 Å². The number of carbonyl (C=O) groups is 1. The van der Waals surface area contributed by atoms with Crippen molar-refractivity contribution < 1.29 is 9.53 Å². The highest BCUT2D eigenvalue weighted by Gasteiger charge is 2.14. The fraction of sp³-hybridized carbons (Fsp3) is 0.214. The van der Waals surface area contributed by atoms with Crippen LogP contribution in [0, 0.1) is 0 Å². The van der Waals surface area contributed by atoms with Crippen LogP contribution in [0.2, 0.25) is 0 Å². The maximum absolute atomic E-state index is 11.3. The Bertz CT molecular complexity index is 429. The molecule has 0 spiro atoms. The molecule has 0 heterocycles. The van der Waals surface area contributed by atoms with E-state index in [-0.39, 0.29) is 5.97 Å². The second-order valence-corrected chi connectivity index (χ2v) is 3.76. The summed E-state index contributed by atoms with van der Waals surface area (Å²) < 4.78 is 4.67. The van der Waals surface area contributed by atoms with Crippen molar-refractivity contribution in [1.29, 1.82) is 0 Å². The molecule has 1 aliphatic rings. The summed E-state index contributed by atoms with van der Waals surface area (Å²) in [5.74, 6) is 0.109. The lowest BCUT2D eigenvalue weighted by Crippen LogP contribution is -2.07. The van der Waals surface area contributed by atoms with Crippen LogP contribution in [0.1, 0.15) is 17.9 Å². The van der Waals surface area contributed by atoms with Gasteiger partial charge in [-0.25, -0.2) is 4.79 Å². The lowest BCUT2D eigenvalue weighted by molar-refractivity contribution is -0.135. The fourth-order valence-electron chi connectivity index (χ4n) is 1.84. The molecule has 0 fully saturated rings. The summed E-state index contributed by atoms with van der Waals surface area (Å²) in [6.07, 6.45) is 6.68. The van der Waals surface area contributed by atoms with E-state index < -0.39 is 0 Å². The Labute approximate surface area is 95.2 Å². The average Bonchev–Trinajstić information content (AvgIpc) is 2.39. The molecule has 0 radical (unpaired) electrons. The molecule has 2 nitrogen and oxygen atoms in total. The van der Waals surface area contributed by atoms with Crippen LogP contribution in [0.15, 0.2) is 54.1 Å². The van der Waals surface area contributed by atoms with Gasteiger partial charge < -0.3 is 4.74 Å². The monoisotopic (exact) mass is 214 g/mol. The summed E-state index contributed by atoms with van der Waals surface area (Å²) in [6.45, 7) is 0. The molecule has 0 saturated carbocycles. The Morgan fingerprint density at radius 3 is 2.62 bits per heavy atom. The Hall–Kier alpha value is -1.83. The normalized spacial score (nSPS) is 19.1. The van der Waals surface area contributed by atoms with E-state index in [1.807, 2.05) is 30.4 Å². The number of rotatable bonds is 2. The molecular formula is C14H14O2. The van der Waals surface area contributed by atoms with E-state index >= 15 is 0 Å². The van der Waals surface area contributed by atoms with Crippen molar-refractivity contribution in [3.8, 4) is 0 Å². The predicted octanol–water partition coefficient (Wildman–Crippen LogP) is 2.83. The molecule has 1 atom stereocenters. The summed E-state index contributed by atoms with van der Waals surface area (Å²) >= 11 is 0. The van der Waals surface area contributed by atoms with Crippen LogP contribution < -0.4 is 0 Å². The Morgan fingerprint density at radius 2 is 2.06 bits per heavy atom. The number of methoxy groups -OCH3 is 1. The zero-order valence-corrected chi connectivity index (χ0v) is 9.22. The molecule has 1 aromatic carbocycles. The van der Waals surface area contributed by atoms with E-state index in [1.165, 1.54) is 12.7 Å². The molecule has 0 saturated heterocycles. The molecule has 0 aliphatic heterocycles. The number of hydrogen-bond donors (Lipinski definition) is 0. The molecule has 0 amide bonds. The van der Waals surface area contributed by atoms with E-state index in [2.05, 4.69) is 22.9 Å². The predicted molar refractivity (Wildman–Crippen MR) is 63.0 cm³/mol. The summed E-state index contributed by atoms with van der Waals surface area (Å²) in [4.78, 5) is 11.3. The molecule has 0 N–H and O–H groups in total. The lowest BCUT2D eigenvalue weighted by Gasteiger charge is -2.15. The number of benzene rings is 1. The number of ether oxygens (including phenoxy) is 1. The minimum atomic E-state index is -0.261. The maximum Gasteiger partial charge on any atom is 0.337 e. The zero-order chi connectivity index (χ0) is 11.4. The third-order valence-electron chi connectivity index (χ3n) is 2.75. The summed E-state index contributed by atoms with van der Waals surface area (Å²) in [7, 11) is 1.40. The Kier molecular flexibility index (Phi) is 3.20.